The number of furan rings is 1. The van der Waals surface area contributed by atoms with Crippen LogP contribution < -0.4 is 5.32 Å². The van der Waals surface area contributed by atoms with E-state index in [0.29, 0.717) is 26.1 Å². The van der Waals surface area contributed by atoms with Gasteiger partial charge in [-0.3, -0.25) is 9.69 Å². The summed E-state index contributed by atoms with van der Waals surface area (Å²) >= 11 is 0. The van der Waals surface area contributed by atoms with E-state index in [1.807, 2.05) is 72.8 Å². The Balaban J connectivity index is 1.40. The molecular formula is C29H31N5O5. The van der Waals surface area contributed by atoms with Gasteiger partial charge in [-0.1, -0.05) is 65.9 Å². The summed E-state index contributed by atoms with van der Waals surface area (Å²) in [5.41, 5.74) is 2.11. The zero-order valence-electron chi connectivity index (χ0n) is 21.9. The van der Waals surface area contributed by atoms with E-state index in [2.05, 4.69) is 20.5 Å². The molecule has 5 rings (SSSR count). The van der Waals surface area contributed by atoms with E-state index in [1.54, 1.807) is 18.0 Å². The highest BCUT2D eigenvalue weighted by molar-refractivity contribution is 5.86. The summed E-state index contributed by atoms with van der Waals surface area (Å²) in [7, 11) is 2.92. The Bertz CT molecular complexity index is 1350. The quantitative estimate of drug-likeness (QED) is 0.311. The van der Waals surface area contributed by atoms with Crippen molar-refractivity contribution in [3.05, 3.63) is 107 Å². The molecule has 202 valence electrons. The number of amides is 1. The lowest BCUT2D eigenvalue weighted by atomic mass is 9.98. The Hall–Kier alpha value is -4.28. The second-order valence-electron chi connectivity index (χ2n) is 9.47. The van der Waals surface area contributed by atoms with E-state index in [-0.39, 0.29) is 23.7 Å². The van der Waals surface area contributed by atoms with Crippen molar-refractivity contribution in [1.29, 1.82) is 0 Å². The fourth-order valence-corrected chi connectivity index (χ4v) is 4.99. The molecule has 1 N–H and O–H groups in total. The minimum Gasteiger partial charge on any atom is -0.464 e. The minimum absolute atomic E-state index is 0.104. The van der Waals surface area contributed by atoms with Gasteiger partial charge in [0.25, 0.3) is 0 Å². The van der Waals surface area contributed by atoms with Crippen molar-refractivity contribution in [2.45, 2.75) is 37.7 Å². The van der Waals surface area contributed by atoms with Gasteiger partial charge in [-0.25, -0.2) is 9.48 Å². The zero-order chi connectivity index (χ0) is 27.2. The molecule has 1 aliphatic heterocycles. The number of nitrogens with one attached hydrogen (secondary N) is 1. The molecule has 0 bridgehead atoms. The lowest BCUT2D eigenvalue weighted by Crippen LogP contribution is -2.44. The van der Waals surface area contributed by atoms with Crippen molar-refractivity contribution in [1.82, 2.24) is 25.2 Å². The van der Waals surface area contributed by atoms with Gasteiger partial charge in [0.05, 0.1) is 38.0 Å². The van der Waals surface area contributed by atoms with Crippen LogP contribution in [-0.4, -0.2) is 58.6 Å². The topological polar surface area (TPSA) is 112 Å². The third-order valence-electron chi connectivity index (χ3n) is 6.88. The van der Waals surface area contributed by atoms with E-state index in [1.165, 1.54) is 7.11 Å². The molecular weight excluding hydrogens is 498 g/mol. The number of ether oxygens (including phenoxy) is 2. The van der Waals surface area contributed by atoms with Gasteiger partial charge in [-0.15, -0.1) is 5.10 Å². The predicted molar refractivity (Wildman–Crippen MR) is 142 cm³/mol. The number of methoxy groups -OCH3 is 2. The molecule has 39 heavy (non-hydrogen) atoms. The summed E-state index contributed by atoms with van der Waals surface area (Å²) < 4.78 is 17.5. The molecule has 0 saturated carbocycles. The number of likely N-dealkylation sites (tertiary alicyclic amines) is 1. The Kier molecular flexibility index (Phi) is 8.14. The smallest absolute Gasteiger partial charge is 0.360 e. The lowest BCUT2D eigenvalue weighted by Gasteiger charge is -2.26. The number of carbonyl (C=O) groups excluding carboxylic acids is 2. The fourth-order valence-electron chi connectivity index (χ4n) is 4.99. The first-order valence-corrected chi connectivity index (χ1v) is 12.8. The molecule has 1 aliphatic rings. The monoisotopic (exact) mass is 529 g/mol. The summed E-state index contributed by atoms with van der Waals surface area (Å²) in [6.07, 6.45) is 2.05. The largest absolute Gasteiger partial charge is 0.464 e. The van der Waals surface area contributed by atoms with Crippen LogP contribution in [-0.2, 0) is 27.4 Å². The zero-order valence-corrected chi connectivity index (χ0v) is 21.9. The maximum Gasteiger partial charge on any atom is 0.360 e. The van der Waals surface area contributed by atoms with Gasteiger partial charge in [0.15, 0.2) is 5.69 Å². The van der Waals surface area contributed by atoms with Gasteiger partial charge in [0, 0.05) is 13.7 Å². The first kappa shape index (κ1) is 26.3. The Labute approximate surface area is 226 Å². The summed E-state index contributed by atoms with van der Waals surface area (Å²) in [6, 6.07) is 22.6. The summed E-state index contributed by atoms with van der Waals surface area (Å²) in [5.74, 6) is 0.792. The van der Waals surface area contributed by atoms with Gasteiger partial charge < -0.3 is 19.2 Å². The average Bonchev–Trinajstić information content (AvgIpc) is 3.73. The first-order chi connectivity index (χ1) is 19.1. The molecule has 1 saturated heterocycles. The van der Waals surface area contributed by atoms with Gasteiger partial charge >= 0.3 is 5.97 Å². The summed E-state index contributed by atoms with van der Waals surface area (Å²) in [5, 5.41) is 11.4. The van der Waals surface area contributed by atoms with Crippen LogP contribution in [0.15, 0.2) is 83.4 Å². The normalized spacial score (nSPS) is 17.4. The number of aromatic nitrogens is 3. The van der Waals surface area contributed by atoms with Crippen molar-refractivity contribution in [3.63, 3.8) is 0 Å². The van der Waals surface area contributed by atoms with Crippen LogP contribution in [0.4, 0.5) is 0 Å². The maximum atomic E-state index is 13.9. The number of rotatable bonds is 10. The highest BCUT2D eigenvalue weighted by Crippen LogP contribution is 2.31. The minimum atomic E-state index is -0.555. The number of hydrogen-bond acceptors (Lipinski definition) is 8. The molecule has 0 spiro atoms. The second-order valence-corrected chi connectivity index (χ2v) is 9.47. The van der Waals surface area contributed by atoms with Crippen LogP contribution in [0.1, 0.15) is 51.6 Å². The van der Waals surface area contributed by atoms with E-state index in [9.17, 15) is 9.59 Å². The van der Waals surface area contributed by atoms with E-state index < -0.39 is 12.0 Å². The maximum absolute atomic E-state index is 13.9. The number of hydrogen-bond donors (Lipinski definition) is 1. The van der Waals surface area contributed by atoms with Crippen LogP contribution in [0.25, 0.3) is 0 Å². The van der Waals surface area contributed by atoms with Crippen LogP contribution in [0, 0.1) is 0 Å². The van der Waals surface area contributed by atoms with Gasteiger partial charge in [0.2, 0.25) is 5.91 Å². The number of nitrogens with zero attached hydrogens (tertiary/aromatic N) is 4. The Morgan fingerprint density at radius 3 is 2.31 bits per heavy atom. The van der Waals surface area contributed by atoms with Crippen molar-refractivity contribution >= 4 is 11.9 Å². The molecule has 10 heteroatoms. The molecule has 3 heterocycles. The molecule has 2 atom stereocenters. The molecule has 0 unspecified atom stereocenters. The summed E-state index contributed by atoms with van der Waals surface area (Å²) in [4.78, 5) is 27.9. The third kappa shape index (κ3) is 6.08. The van der Waals surface area contributed by atoms with E-state index in [0.717, 1.165) is 22.6 Å². The van der Waals surface area contributed by atoms with E-state index >= 15 is 0 Å². The standard InChI is InChI=1S/C29H31N5O5/c1-37-19-24-14-13-23(39-24)17-33-16-22(34-18-25(31-32-34)29(36)38-2)15-26(33)28(35)30-27(20-9-5-3-6-10-20)21-11-7-4-8-12-21/h3-14,18,22,26-27H,15-17,19H2,1-2H3,(H,30,35)/t22-,26+/m1/s1. The molecule has 4 aromatic rings. The molecule has 2 aromatic heterocycles. The molecule has 0 radical (unpaired) electrons. The number of carbonyl (C=O) groups is 2. The molecule has 1 fully saturated rings. The van der Waals surface area contributed by atoms with Gasteiger partial charge in [-0.2, -0.15) is 0 Å². The highest BCUT2D eigenvalue weighted by Gasteiger charge is 2.39. The SMILES string of the molecule is COCc1ccc(CN2C[C@H](n3cc(C(=O)OC)nn3)C[C@H]2C(=O)NC(c2ccccc2)c2ccccc2)o1. The molecule has 0 aliphatic carbocycles. The Morgan fingerprint density at radius 1 is 1.00 bits per heavy atom. The fraction of sp³-hybridized carbons (Fsp3) is 0.310. The average molecular weight is 530 g/mol. The Morgan fingerprint density at radius 2 is 1.67 bits per heavy atom. The van der Waals surface area contributed by atoms with Crippen LogP contribution in [0.5, 0.6) is 0 Å². The van der Waals surface area contributed by atoms with Gasteiger partial charge in [-0.05, 0) is 29.7 Å². The molecule has 1 amide bonds. The third-order valence-corrected chi connectivity index (χ3v) is 6.88. The van der Waals surface area contributed by atoms with E-state index in [4.69, 9.17) is 13.9 Å². The number of benzene rings is 2. The van der Waals surface area contributed by atoms with Crippen molar-refractivity contribution in [3.8, 4) is 0 Å². The molecule has 2 aromatic carbocycles. The first-order valence-electron chi connectivity index (χ1n) is 12.8. The van der Waals surface area contributed by atoms with Crippen LogP contribution in [0.2, 0.25) is 0 Å². The van der Waals surface area contributed by atoms with Gasteiger partial charge in [0.1, 0.15) is 18.1 Å². The summed E-state index contributed by atoms with van der Waals surface area (Å²) in [6.45, 7) is 1.32. The molecule has 10 nitrogen and oxygen atoms in total. The van der Waals surface area contributed by atoms with Crippen LogP contribution >= 0.6 is 0 Å². The number of esters is 1. The van der Waals surface area contributed by atoms with Crippen molar-refractivity contribution in [2.75, 3.05) is 20.8 Å². The predicted octanol–water partition coefficient (Wildman–Crippen LogP) is 3.53. The van der Waals surface area contributed by atoms with Crippen molar-refractivity contribution < 1.29 is 23.5 Å². The van der Waals surface area contributed by atoms with Crippen LogP contribution in [0.3, 0.4) is 0 Å². The highest BCUT2D eigenvalue weighted by atomic mass is 16.5. The second kappa shape index (κ2) is 12.1. The lowest BCUT2D eigenvalue weighted by molar-refractivity contribution is -0.126. The van der Waals surface area contributed by atoms with Crippen molar-refractivity contribution in [2.24, 2.45) is 0 Å².